The maximum atomic E-state index is 5.96. The fraction of sp³-hybridized carbons (Fsp3) is 0.438. The predicted octanol–water partition coefficient (Wildman–Crippen LogP) is 3.02. The minimum atomic E-state index is 0.493. The lowest BCUT2D eigenvalue weighted by Gasteiger charge is -2.39. The van der Waals surface area contributed by atoms with E-state index >= 15 is 0 Å². The maximum Gasteiger partial charge on any atom is 0.134 e. The van der Waals surface area contributed by atoms with Crippen LogP contribution in [0.4, 0.5) is 5.82 Å². The number of hydrogen-bond acceptors (Lipinski definition) is 4. The van der Waals surface area contributed by atoms with Gasteiger partial charge < -0.3 is 10.6 Å². The number of anilines is 1. The Kier molecular flexibility index (Phi) is 3.85. The largest absolute Gasteiger partial charge is 0.352 e. The highest BCUT2D eigenvalue weighted by molar-refractivity contribution is 8.00. The number of benzene rings is 1. The van der Waals surface area contributed by atoms with Gasteiger partial charge in [-0.05, 0) is 19.1 Å². The van der Waals surface area contributed by atoms with Gasteiger partial charge in [-0.15, -0.1) is 0 Å². The summed E-state index contributed by atoms with van der Waals surface area (Å²) in [5, 5.41) is 1.80. The quantitative estimate of drug-likeness (QED) is 0.922. The first-order chi connectivity index (χ1) is 9.70. The van der Waals surface area contributed by atoms with Crippen LogP contribution in [-0.4, -0.2) is 28.6 Å². The molecular weight excluding hydrogens is 266 g/mol. The van der Waals surface area contributed by atoms with Crippen LogP contribution in [0.5, 0.6) is 0 Å². The van der Waals surface area contributed by atoms with E-state index in [1.54, 1.807) is 0 Å². The van der Waals surface area contributed by atoms with Gasteiger partial charge in [-0.25, -0.2) is 4.98 Å². The van der Waals surface area contributed by atoms with Gasteiger partial charge in [0.2, 0.25) is 0 Å². The summed E-state index contributed by atoms with van der Waals surface area (Å²) in [4.78, 5) is 7.32. The molecule has 1 aliphatic heterocycles. The van der Waals surface area contributed by atoms with Crippen molar-refractivity contribution in [2.45, 2.75) is 31.7 Å². The van der Waals surface area contributed by atoms with Crippen molar-refractivity contribution in [1.82, 2.24) is 4.98 Å². The molecule has 2 heterocycles. The molecule has 0 aliphatic carbocycles. The Balaban J connectivity index is 2.09. The molecule has 0 bridgehead atoms. The van der Waals surface area contributed by atoms with Crippen molar-refractivity contribution in [3.05, 3.63) is 35.9 Å². The van der Waals surface area contributed by atoms with Gasteiger partial charge in [-0.2, -0.15) is 11.8 Å². The lowest BCUT2D eigenvalue weighted by molar-refractivity contribution is 0.618. The minimum absolute atomic E-state index is 0.493. The lowest BCUT2D eigenvalue weighted by atomic mass is 10.1. The number of hydrogen-bond donors (Lipinski definition) is 1. The Morgan fingerprint density at radius 2 is 2.15 bits per heavy atom. The van der Waals surface area contributed by atoms with E-state index in [-0.39, 0.29) is 0 Å². The zero-order valence-electron chi connectivity index (χ0n) is 12.0. The molecular formula is C16H21N3S. The number of thioether (sulfide) groups is 1. The van der Waals surface area contributed by atoms with Crippen LogP contribution in [0.15, 0.2) is 30.3 Å². The van der Waals surface area contributed by atoms with Crippen LogP contribution < -0.4 is 10.6 Å². The summed E-state index contributed by atoms with van der Waals surface area (Å²) in [5.41, 5.74) is 8.16. The van der Waals surface area contributed by atoms with Crippen molar-refractivity contribution >= 4 is 28.5 Å². The molecule has 106 valence electrons. The number of pyridine rings is 1. The fourth-order valence-corrected chi connectivity index (χ4v) is 3.88. The third-order valence-corrected chi connectivity index (χ3v) is 5.49. The Bertz CT molecular complexity index is 614. The Morgan fingerprint density at radius 1 is 1.35 bits per heavy atom. The smallest absolute Gasteiger partial charge is 0.134 e. The molecule has 1 saturated heterocycles. The van der Waals surface area contributed by atoms with Gasteiger partial charge in [0, 0.05) is 41.1 Å². The third kappa shape index (κ3) is 2.38. The normalized spacial score (nSPS) is 23.2. The highest BCUT2D eigenvalue weighted by Crippen LogP contribution is 2.31. The van der Waals surface area contributed by atoms with Crippen molar-refractivity contribution < 1.29 is 0 Å². The highest BCUT2D eigenvalue weighted by atomic mass is 32.2. The highest BCUT2D eigenvalue weighted by Gasteiger charge is 2.27. The summed E-state index contributed by atoms with van der Waals surface area (Å²) in [5.74, 6) is 2.23. The van der Waals surface area contributed by atoms with Gasteiger partial charge in [0.1, 0.15) is 5.82 Å². The van der Waals surface area contributed by atoms with E-state index in [9.17, 15) is 0 Å². The van der Waals surface area contributed by atoms with Crippen LogP contribution in [0.1, 0.15) is 19.4 Å². The van der Waals surface area contributed by atoms with E-state index in [0.717, 1.165) is 29.2 Å². The maximum absolute atomic E-state index is 5.96. The molecule has 3 nitrogen and oxygen atoms in total. The van der Waals surface area contributed by atoms with E-state index in [1.165, 1.54) is 5.39 Å². The van der Waals surface area contributed by atoms with Crippen molar-refractivity contribution in [3.8, 4) is 0 Å². The standard InChI is InChI=1S/C16H21N3S/c1-11-12(2)20-8-7-19(11)16-14(10-17)9-13-5-3-4-6-15(13)18-16/h3-6,9,11-12H,7-8,10,17H2,1-2H3. The first-order valence-corrected chi connectivity index (χ1v) is 8.22. The zero-order chi connectivity index (χ0) is 14.1. The summed E-state index contributed by atoms with van der Waals surface area (Å²) < 4.78 is 0. The van der Waals surface area contributed by atoms with Crippen molar-refractivity contribution in [2.75, 3.05) is 17.2 Å². The SMILES string of the molecule is CC1SCCN(c2nc3ccccc3cc2CN)C1C. The van der Waals surface area contributed by atoms with Gasteiger partial charge in [0.25, 0.3) is 0 Å². The van der Waals surface area contributed by atoms with Crippen LogP contribution in [-0.2, 0) is 6.54 Å². The summed E-state index contributed by atoms with van der Waals surface area (Å²) in [6.45, 7) is 6.17. The molecule has 1 fully saturated rings. The third-order valence-electron chi connectivity index (χ3n) is 4.16. The summed E-state index contributed by atoms with van der Waals surface area (Å²) in [7, 11) is 0. The number of nitrogens with two attached hydrogens (primary N) is 1. The van der Waals surface area contributed by atoms with Crippen LogP contribution in [0.2, 0.25) is 0 Å². The van der Waals surface area contributed by atoms with E-state index in [1.807, 2.05) is 23.9 Å². The molecule has 4 heteroatoms. The Morgan fingerprint density at radius 3 is 2.95 bits per heavy atom. The molecule has 0 amide bonds. The van der Waals surface area contributed by atoms with Crippen molar-refractivity contribution in [2.24, 2.45) is 5.73 Å². The number of fused-ring (bicyclic) bond motifs is 1. The fourth-order valence-electron chi connectivity index (χ4n) is 2.78. The van der Waals surface area contributed by atoms with Gasteiger partial charge in [0.05, 0.1) is 5.52 Å². The van der Waals surface area contributed by atoms with Crippen LogP contribution in [0.25, 0.3) is 10.9 Å². The summed E-state index contributed by atoms with van der Waals surface area (Å²) >= 11 is 2.04. The van der Waals surface area contributed by atoms with Gasteiger partial charge >= 0.3 is 0 Å². The van der Waals surface area contributed by atoms with Crippen LogP contribution in [0.3, 0.4) is 0 Å². The van der Waals surface area contributed by atoms with Gasteiger partial charge in [-0.3, -0.25) is 0 Å². The molecule has 0 spiro atoms. The van der Waals surface area contributed by atoms with Crippen molar-refractivity contribution in [1.29, 1.82) is 0 Å². The lowest BCUT2D eigenvalue weighted by Crippen LogP contribution is -2.45. The molecule has 1 aromatic heterocycles. The first-order valence-electron chi connectivity index (χ1n) is 7.17. The molecule has 0 radical (unpaired) electrons. The van der Waals surface area contributed by atoms with Crippen molar-refractivity contribution in [3.63, 3.8) is 0 Å². The topological polar surface area (TPSA) is 42.2 Å². The van der Waals surface area contributed by atoms with Gasteiger partial charge in [0.15, 0.2) is 0 Å². The summed E-state index contributed by atoms with van der Waals surface area (Å²) in [6, 6.07) is 10.9. The van der Waals surface area contributed by atoms with E-state index < -0.39 is 0 Å². The summed E-state index contributed by atoms with van der Waals surface area (Å²) in [6.07, 6.45) is 0. The van der Waals surface area contributed by atoms with E-state index in [0.29, 0.717) is 17.8 Å². The number of aromatic nitrogens is 1. The predicted molar refractivity (Wildman–Crippen MR) is 88.4 cm³/mol. The van der Waals surface area contributed by atoms with E-state index in [4.69, 9.17) is 10.7 Å². The van der Waals surface area contributed by atoms with Crippen LogP contribution in [0, 0.1) is 0 Å². The first kappa shape index (κ1) is 13.7. The van der Waals surface area contributed by atoms with Crippen LogP contribution >= 0.6 is 11.8 Å². The molecule has 2 aromatic rings. The molecule has 2 N–H and O–H groups in total. The molecule has 1 aromatic carbocycles. The molecule has 20 heavy (non-hydrogen) atoms. The Labute approximate surface area is 124 Å². The second-order valence-electron chi connectivity index (χ2n) is 5.38. The minimum Gasteiger partial charge on any atom is -0.352 e. The Hall–Kier alpha value is -1.26. The monoisotopic (exact) mass is 287 g/mol. The second kappa shape index (κ2) is 5.62. The second-order valence-corrected chi connectivity index (χ2v) is 6.86. The molecule has 0 saturated carbocycles. The van der Waals surface area contributed by atoms with E-state index in [2.05, 4.69) is 36.9 Å². The van der Waals surface area contributed by atoms with Gasteiger partial charge in [-0.1, -0.05) is 25.1 Å². The number of nitrogens with zero attached hydrogens (tertiary/aromatic N) is 2. The average Bonchev–Trinajstić information content (AvgIpc) is 2.48. The molecule has 1 aliphatic rings. The number of rotatable bonds is 2. The molecule has 2 atom stereocenters. The molecule has 3 rings (SSSR count). The average molecular weight is 287 g/mol. The number of para-hydroxylation sites is 1. The molecule has 2 unspecified atom stereocenters. The zero-order valence-corrected chi connectivity index (χ0v) is 12.9.